The Morgan fingerprint density at radius 2 is 0.772 bits per heavy atom. The lowest BCUT2D eigenvalue weighted by atomic mass is 10.2. The Bertz CT molecular complexity index is 1870. The van der Waals surface area contributed by atoms with Crippen LogP contribution in [0.4, 0.5) is 0 Å². The normalized spacial score (nSPS) is 10.8. The zero-order valence-electron chi connectivity index (χ0n) is 30.2. The van der Waals surface area contributed by atoms with Crippen molar-refractivity contribution in [2.75, 3.05) is 26.4 Å². The van der Waals surface area contributed by atoms with Crippen molar-refractivity contribution < 1.29 is 52.3 Å². The van der Waals surface area contributed by atoms with Crippen molar-refractivity contribution in [3.63, 3.8) is 0 Å². The first kappa shape index (κ1) is 45.8. The second-order valence-corrected chi connectivity index (χ2v) is 14.6. The van der Waals surface area contributed by atoms with E-state index in [1.165, 1.54) is 24.3 Å². The van der Waals surface area contributed by atoms with Crippen LogP contribution in [0.2, 0.25) is 30.1 Å². The number of halogens is 6. The second kappa shape index (κ2) is 24.1. The van der Waals surface area contributed by atoms with Crippen LogP contribution in [0.1, 0.15) is 51.4 Å². The summed E-state index contributed by atoms with van der Waals surface area (Å²) in [6.45, 7) is -0.646. The molecule has 0 unspecified atom stereocenters. The van der Waals surface area contributed by atoms with Gasteiger partial charge in [0.2, 0.25) is 0 Å². The van der Waals surface area contributed by atoms with Gasteiger partial charge in [-0.1, -0.05) is 69.6 Å². The molecule has 0 fully saturated rings. The molecular weight excluding hydrogens is 869 g/mol. The van der Waals surface area contributed by atoms with Crippen LogP contribution >= 0.6 is 69.6 Å². The first-order valence-corrected chi connectivity index (χ1v) is 19.8. The predicted molar refractivity (Wildman–Crippen MR) is 217 cm³/mol. The van der Waals surface area contributed by atoms with Gasteiger partial charge >= 0.3 is 23.9 Å². The monoisotopic (exact) mass is 902 g/mol. The summed E-state index contributed by atoms with van der Waals surface area (Å²) in [6, 6.07) is 18.7. The molecule has 4 aromatic rings. The van der Waals surface area contributed by atoms with E-state index in [1.54, 1.807) is 48.5 Å². The van der Waals surface area contributed by atoms with Crippen LogP contribution in [0.25, 0.3) is 0 Å². The van der Waals surface area contributed by atoms with Crippen LogP contribution in [0.15, 0.2) is 72.8 Å². The van der Waals surface area contributed by atoms with Crippen LogP contribution < -0.4 is 18.9 Å². The summed E-state index contributed by atoms with van der Waals surface area (Å²) < 4.78 is 37.9. The average molecular weight is 905 g/mol. The van der Waals surface area contributed by atoms with Gasteiger partial charge in [0.25, 0.3) is 0 Å². The number of carbonyl (C=O) groups excluding carboxylic acids is 4. The fourth-order valence-electron chi connectivity index (χ4n) is 4.76. The molecule has 0 aromatic heterocycles. The SMILES string of the molecule is O=C(COCC(=O)OCCCCCC(=O)Oc1cc(Cl)ccc1Oc1ccc(Cl)cc1Cl)OCCCCCC(=O)Oc1cc(Cl)ccc1Oc1ccc(Cl)cc1Cl. The summed E-state index contributed by atoms with van der Waals surface area (Å²) in [5.41, 5.74) is 0. The van der Waals surface area contributed by atoms with E-state index in [1.807, 2.05) is 0 Å². The molecule has 0 aliphatic heterocycles. The standard InChI is InChI=1S/C40H36Cl6O11/c41-25-9-13-31(29(45)19-25)54-33-15-11-27(43)21-35(33)56-37(47)7-3-1-5-17-52-39(49)23-51-24-40(50)53-18-6-2-4-8-38(48)57-36-22-28(44)12-16-34(36)55-32-14-10-26(42)20-30(32)46/h9-16,19-22H,1-8,17-18,23-24H2. The van der Waals surface area contributed by atoms with Crippen molar-refractivity contribution in [2.24, 2.45) is 0 Å². The smallest absolute Gasteiger partial charge is 0.332 e. The zero-order valence-corrected chi connectivity index (χ0v) is 34.7. The zero-order chi connectivity index (χ0) is 41.2. The van der Waals surface area contributed by atoms with Gasteiger partial charge in [0.1, 0.15) is 24.7 Å². The molecule has 11 nitrogen and oxygen atoms in total. The molecule has 0 aliphatic rings. The maximum absolute atomic E-state index is 12.5. The highest BCUT2D eigenvalue weighted by atomic mass is 35.5. The van der Waals surface area contributed by atoms with E-state index < -0.39 is 37.1 Å². The molecular formula is C40H36Cl6O11. The Morgan fingerprint density at radius 3 is 1.16 bits per heavy atom. The molecule has 0 spiro atoms. The van der Waals surface area contributed by atoms with Gasteiger partial charge in [-0.15, -0.1) is 0 Å². The number of hydrogen-bond donors (Lipinski definition) is 0. The van der Waals surface area contributed by atoms with Gasteiger partial charge < -0.3 is 33.2 Å². The van der Waals surface area contributed by atoms with Crippen LogP contribution in [-0.2, 0) is 33.4 Å². The third-order valence-electron chi connectivity index (χ3n) is 7.50. The molecule has 0 radical (unpaired) electrons. The molecule has 17 heteroatoms. The van der Waals surface area contributed by atoms with E-state index >= 15 is 0 Å². The molecule has 0 N–H and O–H groups in total. The first-order chi connectivity index (χ1) is 27.4. The molecule has 0 aliphatic carbocycles. The number of ether oxygens (including phenoxy) is 7. The second-order valence-electron chi connectivity index (χ2n) is 12.0. The Labute approximate surface area is 359 Å². The fourth-order valence-corrected chi connectivity index (χ4v) is 5.98. The Kier molecular flexibility index (Phi) is 19.3. The van der Waals surface area contributed by atoms with E-state index in [0.717, 1.165) is 0 Å². The largest absolute Gasteiger partial charge is 0.464 e. The van der Waals surface area contributed by atoms with Gasteiger partial charge in [-0.25, -0.2) is 9.59 Å². The minimum absolute atomic E-state index is 0.1000. The minimum Gasteiger partial charge on any atom is -0.464 e. The van der Waals surface area contributed by atoms with E-state index in [9.17, 15) is 19.2 Å². The van der Waals surface area contributed by atoms with Crippen molar-refractivity contribution in [1.82, 2.24) is 0 Å². The lowest BCUT2D eigenvalue weighted by Gasteiger charge is -2.13. The van der Waals surface area contributed by atoms with Gasteiger partial charge in [0.15, 0.2) is 23.0 Å². The van der Waals surface area contributed by atoms with Crippen molar-refractivity contribution >= 4 is 93.5 Å². The van der Waals surface area contributed by atoms with Crippen molar-refractivity contribution in [1.29, 1.82) is 0 Å². The molecule has 4 rings (SSSR count). The molecule has 0 saturated heterocycles. The van der Waals surface area contributed by atoms with Crippen LogP contribution in [-0.4, -0.2) is 50.3 Å². The van der Waals surface area contributed by atoms with E-state index in [0.29, 0.717) is 70.1 Å². The molecule has 304 valence electrons. The third kappa shape index (κ3) is 16.8. The Morgan fingerprint density at radius 1 is 0.404 bits per heavy atom. The summed E-state index contributed by atoms with van der Waals surface area (Å²) in [5, 5.41) is 2.14. The summed E-state index contributed by atoms with van der Waals surface area (Å²) in [5.74, 6) is -0.899. The minimum atomic E-state index is -0.645. The molecule has 4 aromatic carbocycles. The van der Waals surface area contributed by atoms with Gasteiger partial charge in [-0.05, 0) is 99.2 Å². The summed E-state index contributed by atoms with van der Waals surface area (Å²) in [4.78, 5) is 48.9. The lowest BCUT2D eigenvalue weighted by molar-refractivity contribution is -0.155. The molecule has 0 atom stereocenters. The van der Waals surface area contributed by atoms with E-state index in [-0.39, 0.29) is 59.1 Å². The number of esters is 4. The summed E-state index contributed by atoms with van der Waals surface area (Å²) in [7, 11) is 0. The molecule has 0 heterocycles. The van der Waals surface area contributed by atoms with E-state index in [2.05, 4.69) is 0 Å². The first-order valence-electron chi connectivity index (χ1n) is 17.5. The number of carbonyl (C=O) groups is 4. The Balaban J connectivity index is 1.01. The predicted octanol–water partition coefficient (Wildman–Crippen LogP) is 11.9. The van der Waals surface area contributed by atoms with Gasteiger partial charge in [-0.2, -0.15) is 0 Å². The Hall–Kier alpha value is -3.94. The van der Waals surface area contributed by atoms with Crippen molar-refractivity contribution in [3.8, 4) is 34.5 Å². The number of benzene rings is 4. The highest BCUT2D eigenvalue weighted by Crippen LogP contribution is 2.39. The quantitative estimate of drug-likeness (QED) is 0.0424. The van der Waals surface area contributed by atoms with Gasteiger partial charge in [-0.3, -0.25) is 9.59 Å². The third-order valence-corrected chi connectivity index (χ3v) is 9.03. The fraction of sp³-hybridized carbons (Fsp3) is 0.300. The molecule has 0 amide bonds. The highest BCUT2D eigenvalue weighted by molar-refractivity contribution is 6.36. The van der Waals surface area contributed by atoms with Crippen molar-refractivity contribution in [2.45, 2.75) is 51.4 Å². The van der Waals surface area contributed by atoms with Crippen molar-refractivity contribution in [3.05, 3.63) is 103 Å². The van der Waals surface area contributed by atoms with Gasteiger partial charge in [0.05, 0.1) is 23.3 Å². The van der Waals surface area contributed by atoms with Gasteiger partial charge in [0, 0.05) is 45.1 Å². The average Bonchev–Trinajstić information content (AvgIpc) is 3.15. The number of unbranched alkanes of at least 4 members (excludes halogenated alkanes) is 4. The van der Waals surface area contributed by atoms with Crippen LogP contribution in [0.3, 0.4) is 0 Å². The van der Waals surface area contributed by atoms with Crippen LogP contribution in [0.5, 0.6) is 34.5 Å². The maximum atomic E-state index is 12.5. The highest BCUT2D eigenvalue weighted by Gasteiger charge is 2.16. The van der Waals surface area contributed by atoms with Crippen LogP contribution in [0, 0.1) is 0 Å². The number of hydrogen-bond acceptors (Lipinski definition) is 11. The molecule has 57 heavy (non-hydrogen) atoms. The topological polar surface area (TPSA) is 133 Å². The summed E-state index contributed by atoms with van der Waals surface area (Å²) in [6.07, 6.45) is 3.30. The molecule has 0 saturated carbocycles. The maximum Gasteiger partial charge on any atom is 0.332 e. The summed E-state index contributed by atoms with van der Waals surface area (Å²) >= 11 is 36.5. The lowest BCUT2D eigenvalue weighted by Crippen LogP contribution is -2.19. The van der Waals surface area contributed by atoms with E-state index in [4.69, 9.17) is 103 Å². The number of rotatable bonds is 22. The molecule has 0 bridgehead atoms.